The van der Waals surface area contributed by atoms with Crippen LogP contribution in [0.25, 0.3) is 0 Å². The van der Waals surface area contributed by atoms with Gasteiger partial charge in [0.2, 0.25) is 0 Å². The van der Waals surface area contributed by atoms with E-state index in [1.54, 1.807) is 30.5 Å². The Kier molecular flexibility index (Phi) is 7.11. The van der Waals surface area contributed by atoms with Crippen LogP contribution in [0.5, 0.6) is 0 Å². The van der Waals surface area contributed by atoms with Crippen molar-refractivity contribution >= 4 is 28.0 Å². The second-order valence-electron chi connectivity index (χ2n) is 8.48. The number of rotatable bonds is 7. The maximum Gasteiger partial charge on any atom is 0.328 e. The van der Waals surface area contributed by atoms with Crippen molar-refractivity contribution in [2.24, 2.45) is 5.92 Å². The van der Waals surface area contributed by atoms with Gasteiger partial charge in [-0.25, -0.2) is 22.7 Å². The molecule has 0 radical (unpaired) electrons. The predicted molar refractivity (Wildman–Crippen MR) is 123 cm³/mol. The number of urea groups is 2. The normalized spacial score (nSPS) is 15.8. The van der Waals surface area contributed by atoms with E-state index in [0.29, 0.717) is 30.1 Å². The van der Waals surface area contributed by atoms with E-state index in [1.807, 2.05) is 4.72 Å². The quantitative estimate of drug-likeness (QED) is 0.550. The summed E-state index contributed by atoms with van der Waals surface area (Å²) in [5, 5.41) is 5.33. The molecule has 0 atom stereocenters. The number of nitrogens with zero attached hydrogens (tertiary/aromatic N) is 2. The van der Waals surface area contributed by atoms with Crippen LogP contribution in [0, 0.1) is 5.92 Å². The zero-order valence-electron chi connectivity index (χ0n) is 18.6. The molecule has 11 heteroatoms. The van der Waals surface area contributed by atoms with Crippen molar-refractivity contribution in [3.63, 3.8) is 0 Å². The Balaban J connectivity index is 1.23. The largest absolute Gasteiger partial charge is 0.337 e. The molecule has 10 nitrogen and oxygen atoms in total. The fourth-order valence-corrected chi connectivity index (χ4v) is 5.13. The summed E-state index contributed by atoms with van der Waals surface area (Å²) in [7, 11) is -3.98. The minimum atomic E-state index is -3.98. The number of amides is 5. The third-order valence-corrected chi connectivity index (χ3v) is 7.44. The number of hydrogen-bond donors (Lipinski definition) is 3. The molecule has 0 unspecified atom stereocenters. The number of nitrogens with one attached hydrogen (secondary N) is 3. The lowest BCUT2D eigenvalue weighted by Crippen LogP contribution is -2.41. The summed E-state index contributed by atoms with van der Waals surface area (Å²) in [6, 6.07) is 8.13. The van der Waals surface area contributed by atoms with E-state index < -0.39 is 22.1 Å². The van der Waals surface area contributed by atoms with Crippen LogP contribution in [0.1, 0.15) is 47.3 Å². The number of benzene rings is 1. The van der Waals surface area contributed by atoms with E-state index in [0.717, 1.165) is 36.1 Å². The highest BCUT2D eigenvalue weighted by Crippen LogP contribution is 2.23. The Bertz CT molecular complexity index is 1180. The number of pyridine rings is 1. The van der Waals surface area contributed by atoms with E-state index >= 15 is 0 Å². The Morgan fingerprint density at radius 3 is 2.50 bits per heavy atom. The summed E-state index contributed by atoms with van der Waals surface area (Å²) < 4.78 is 26.9. The summed E-state index contributed by atoms with van der Waals surface area (Å²) >= 11 is 0. The fraction of sp³-hybridized carbons (Fsp3) is 0.391. The number of sulfonamides is 1. The molecule has 1 aliphatic carbocycles. The molecule has 2 aromatic rings. The second kappa shape index (κ2) is 10.2. The maximum absolute atomic E-state index is 12.5. The van der Waals surface area contributed by atoms with E-state index in [2.05, 4.69) is 15.6 Å². The lowest BCUT2D eigenvalue weighted by atomic mass is 10.1. The molecular formula is C23H27N5O5S. The molecule has 1 saturated carbocycles. The number of imide groups is 1. The van der Waals surface area contributed by atoms with Gasteiger partial charge in [0.15, 0.2) is 0 Å². The SMILES string of the molecule is O=C(NCC1CCCC1)NS(=O)(=O)c1ccc(CCNC(=O)N2Cc3ncccc3C2=O)cc1. The van der Waals surface area contributed by atoms with Crippen LogP contribution < -0.4 is 15.4 Å². The van der Waals surface area contributed by atoms with Crippen LogP contribution in [0.2, 0.25) is 0 Å². The van der Waals surface area contributed by atoms with Gasteiger partial charge in [0, 0.05) is 19.3 Å². The fourth-order valence-electron chi connectivity index (χ4n) is 4.20. The molecule has 3 N–H and O–H groups in total. The first-order valence-corrected chi connectivity index (χ1v) is 12.7. The summed E-state index contributed by atoms with van der Waals surface area (Å²) in [6.45, 7) is 0.868. The van der Waals surface area contributed by atoms with Gasteiger partial charge < -0.3 is 10.6 Å². The number of fused-ring (bicyclic) bond motifs is 1. The molecule has 0 spiro atoms. The van der Waals surface area contributed by atoms with E-state index in [4.69, 9.17) is 0 Å². The minimum Gasteiger partial charge on any atom is -0.337 e. The molecule has 1 aromatic heterocycles. The summed E-state index contributed by atoms with van der Waals surface area (Å²) in [4.78, 5) is 41.9. The molecule has 5 amide bonds. The number of aromatic nitrogens is 1. The van der Waals surface area contributed by atoms with Crippen molar-refractivity contribution in [3.8, 4) is 0 Å². The molecule has 1 fully saturated rings. The Morgan fingerprint density at radius 2 is 1.79 bits per heavy atom. The van der Waals surface area contributed by atoms with Gasteiger partial charge >= 0.3 is 12.1 Å². The second-order valence-corrected chi connectivity index (χ2v) is 10.2. The Morgan fingerprint density at radius 1 is 1.06 bits per heavy atom. The maximum atomic E-state index is 12.5. The summed E-state index contributed by atoms with van der Waals surface area (Å²) in [5.41, 5.74) is 1.79. The topological polar surface area (TPSA) is 138 Å². The predicted octanol–water partition coefficient (Wildman–Crippen LogP) is 2.17. The van der Waals surface area contributed by atoms with Crippen LogP contribution in [-0.4, -0.2) is 49.4 Å². The van der Waals surface area contributed by atoms with Crippen molar-refractivity contribution < 1.29 is 22.8 Å². The lowest BCUT2D eigenvalue weighted by Gasteiger charge is -2.14. The lowest BCUT2D eigenvalue weighted by molar-refractivity contribution is 0.0820. The average molecular weight is 486 g/mol. The third-order valence-electron chi connectivity index (χ3n) is 6.10. The first-order valence-electron chi connectivity index (χ1n) is 11.3. The molecule has 0 saturated heterocycles. The zero-order chi connectivity index (χ0) is 24.1. The van der Waals surface area contributed by atoms with E-state index in [1.165, 1.54) is 12.1 Å². The van der Waals surface area contributed by atoms with Crippen molar-refractivity contribution in [1.29, 1.82) is 0 Å². The molecule has 1 aliphatic heterocycles. The van der Waals surface area contributed by atoms with Gasteiger partial charge in [0.1, 0.15) is 0 Å². The highest BCUT2D eigenvalue weighted by molar-refractivity contribution is 7.90. The molecule has 0 bridgehead atoms. The van der Waals surface area contributed by atoms with Crippen molar-refractivity contribution in [3.05, 3.63) is 59.4 Å². The van der Waals surface area contributed by atoms with Crippen molar-refractivity contribution in [2.75, 3.05) is 13.1 Å². The molecule has 34 heavy (non-hydrogen) atoms. The zero-order valence-corrected chi connectivity index (χ0v) is 19.4. The smallest absolute Gasteiger partial charge is 0.328 e. The summed E-state index contributed by atoms with van der Waals surface area (Å²) in [5.74, 6) is 0.0266. The molecular weight excluding hydrogens is 458 g/mol. The highest BCUT2D eigenvalue weighted by Gasteiger charge is 2.32. The van der Waals surface area contributed by atoms with Gasteiger partial charge in [-0.1, -0.05) is 25.0 Å². The Labute approximate surface area is 198 Å². The molecule has 2 heterocycles. The van der Waals surface area contributed by atoms with Crippen LogP contribution in [0.15, 0.2) is 47.5 Å². The van der Waals surface area contributed by atoms with Gasteiger partial charge in [-0.3, -0.25) is 14.7 Å². The minimum absolute atomic E-state index is 0.0239. The molecule has 4 rings (SSSR count). The van der Waals surface area contributed by atoms with Crippen LogP contribution in [-0.2, 0) is 23.0 Å². The highest BCUT2D eigenvalue weighted by atomic mass is 32.2. The van der Waals surface area contributed by atoms with Gasteiger partial charge in [-0.15, -0.1) is 0 Å². The van der Waals surface area contributed by atoms with Crippen molar-refractivity contribution in [1.82, 2.24) is 25.2 Å². The summed E-state index contributed by atoms with van der Waals surface area (Å²) in [6.07, 6.45) is 6.40. The van der Waals surface area contributed by atoms with E-state index in [9.17, 15) is 22.8 Å². The monoisotopic (exact) mass is 485 g/mol. The van der Waals surface area contributed by atoms with E-state index in [-0.39, 0.29) is 23.9 Å². The number of hydrogen-bond acceptors (Lipinski definition) is 6. The van der Waals surface area contributed by atoms with Crippen LogP contribution in [0.3, 0.4) is 0 Å². The first-order chi connectivity index (χ1) is 16.3. The van der Waals surface area contributed by atoms with Crippen molar-refractivity contribution in [2.45, 2.75) is 43.5 Å². The van der Waals surface area contributed by atoms with Crippen LogP contribution in [0.4, 0.5) is 9.59 Å². The molecule has 180 valence electrons. The molecule has 2 aliphatic rings. The average Bonchev–Trinajstić information content (AvgIpc) is 3.46. The number of carbonyl (C=O) groups is 3. The van der Waals surface area contributed by atoms with Crippen LogP contribution >= 0.6 is 0 Å². The number of carbonyl (C=O) groups excluding carboxylic acids is 3. The Hall–Kier alpha value is -3.47. The van der Waals surface area contributed by atoms with Gasteiger partial charge in [-0.05, 0) is 55.0 Å². The molecule has 1 aromatic carbocycles. The third kappa shape index (κ3) is 5.53. The standard InChI is InChI=1S/C23H27N5O5S/c29-21-19-6-3-12-24-20(19)15-28(21)23(31)25-13-11-16-7-9-18(10-8-16)34(32,33)27-22(30)26-14-17-4-1-2-5-17/h3,6-10,12,17H,1-2,4-5,11,13-15H2,(H,25,31)(H2,26,27,30). The van der Waals surface area contributed by atoms with Gasteiger partial charge in [0.05, 0.1) is 22.7 Å². The van der Waals surface area contributed by atoms with Gasteiger partial charge in [-0.2, -0.15) is 0 Å². The first kappa shape index (κ1) is 23.7. The van der Waals surface area contributed by atoms with Gasteiger partial charge in [0.25, 0.3) is 15.9 Å².